The van der Waals surface area contributed by atoms with Crippen molar-refractivity contribution in [2.75, 3.05) is 0 Å². The van der Waals surface area contributed by atoms with Gasteiger partial charge in [-0.1, -0.05) is 28.1 Å². The zero-order chi connectivity index (χ0) is 9.84. The van der Waals surface area contributed by atoms with Crippen LogP contribution in [-0.2, 0) is 4.79 Å². The number of allylic oxidation sites excluding steroid dienone is 1. The SMILES string of the molecule is C/C(C=O)=C/c1ccc(Br)c(C)c1. The van der Waals surface area contributed by atoms with E-state index in [1.165, 1.54) is 5.56 Å². The molecule has 0 saturated carbocycles. The molecule has 13 heavy (non-hydrogen) atoms. The second-order valence-electron chi connectivity index (χ2n) is 3.01. The third-order valence-corrected chi connectivity index (χ3v) is 2.65. The van der Waals surface area contributed by atoms with Crippen molar-refractivity contribution in [2.24, 2.45) is 0 Å². The Hall–Kier alpha value is -0.890. The van der Waals surface area contributed by atoms with Crippen LogP contribution in [0.2, 0.25) is 0 Å². The normalized spacial score (nSPS) is 11.5. The van der Waals surface area contributed by atoms with Crippen LogP contribution in [0.1, 0.15) is 18.1 Å². The molecular formula is C11H11BrO. The molecule has 0 spiro atoms. The van der Waals surface area contributed by atoms with Gasteiger partial charge in [-0.3, -0.25) is 4.79 Å². The lowest BCUT2D eigenvalue weighted by Gasteiger charge is -1.99. The predicted octanol–water partition coefficient (Wildman–Crippen LogP) is 3.36. The molecule has 0 fully saturated rings. The lowest BCUT2D eigenvalue weighted by atomic mass is 10.1. The van der Waals surface area contributed by atoms with Crippen molar-refractivity contribution in [3.63, 3.8) is 0 Å². The van der Waals surface area contributed by atoms with Crippen molar-refractivity contribution in [1.29, 1.82) is 0 Å². The van der Waals surface area contributed by atoms with E-state index >= 15 is 0 Å². The van der Waals surface area contributed by atoms with E-state index in [2.05, 4.69) is 15.9 Å². The van der Waals surface area contributed by atoms with Gasteiger partial charge in [0.05, 0.1) is 0 Å². The van der Waals surface area contributed by atoms with Gasteiger partial charge < -0.3 is 0 Å². The summed E-state index contributed by atoms with van der Waals surface area (Å²) in [5.41, 5.74) is 2.97. The molecule has 2 heteroatoms. The van der Waals surface area contributed by atoms with Crippen molar-refractivity contribution in [2.45, 2.75) is 13.8 Å². The molecule has 0 atom stereocenters. The van der Waals surface area contributed by atoms with E-state index in [1.54, 1.807) is 6.92 Å². The van der Waals surface area contributed by atoms with E-state index in [0.717, 1.165) is 21.9 Å². The number of aldehydes is 1. The topological polar surface area (TPSA) is 17.1 Å². The molecule has 1 rings (SSSR count). The summed E-state index contributed by atoms with van der Waals surface area (Å²) in [5, 5.41) is 0. The molecule has 0 aliphatic rings. The van der Waals surface area contributed by atoms with Crippen LogP contribution < -0.4 is 0 Å². The molecule has 0 saturated heterocycles. The molecule has 0 heterocycles. The molecule has 0 aliphatic carbocycles. The van der Waals surface area contributed by atoms with Crippen LogP contribution in [-0.4, -0.2) is 6.29 Å². The number of carbonyl (C=O) groups excluding carboxylic acids is 1. The van der Waals surface area contributed by atoms with Crippen LogP contribution in [0.5, 0.6) is 0 Å². The number of carbonyl (C=O) groups is 1. The van der Waals surface area contributed by atoms with Crippen LogP contribution >= 0.6 is 15.9 Å². The molecule has 1 aromatic rings. The molecule has 1 aromatic carbocycles. The summed E-state index contributed by atoms with van der Waals surface area (Å²) in [6.45, 7) is 3.82. The summed E-state index contributed by atoms with van der Waals surface area (Å²) in [6.07, 6.45) is 2.73. The number of benzene rings is 1. The summed E-state index contributed by atoms with van der Waals surface area (Å²) in [4.78, 5) is 10.4. The molecule has 0 aromatic heterocycles. The molecule has 0 amide bonds. The maximum absolute atomic E-state index is 10.4. The van der Waals surface area contributed by atoms with E-state index in [4.69, 9.17) is 0 Å². The molecule has 0 aliphatic heterocycles. The van der Waals surface area contributed by atoms with Crippen LogP contribution in [0.4, 0.5) is 0 Å². The lowest BCUT2D eigenvalue weighted by molar-refractivity contribution is -0.104. The minimum Gasteiger partial charge on any atom is -0.298 e. The van der Waals surface area contributed by atoms with Crippen molar-refractivity contribution in [3.8, 4) is 0 Å². The first kappa shape index (κ1) is 10.2. The Morgan fingerprint density at radius 3 is 2.69 bits per heavy atom. The van der Waals surface area contributed by atoms with Gasteiger partial charge in [0.15, 0.2) is 0 Å². The minimum atomic E-state index is 0.738. The van der Waals surface area contributed by atoms with E-state index < -0.39 is 0 Å². The van der Waals surface area contributed by atoms with Gasteiger partial charge in [0.1, 0.15) is 6.29 Å². The van der Waals surface area contributed by atoms with Gasteiger partial charge in [0, 0.05) is 4.47 Å². The average molecular weight is 239 g/mol. The zero-order valence-corrected chi connectivity index (χ0v) is 9.26. The highest BCUT2D eigenvalue weighted by Crippen LogP contribution is 2.18. The largest absolute Gasteiger partial charge is 0.298 e. The van der Waals surface area contributed by atoms with Crippen LogP contribution in [0.25, 0.3) is 6.08 Å². The van der Waals surface area contributed by atoms with Crippen LogP contribution in [0.15, 0.2) is 28.2 Å². The zero-order valence-electron chi connectivity index (χ0n) is 7.67. The predicted molar refractivity (Wildman–Crippen MR) is 58.6 cm³/mol. The molecule has 0 unspecified atom stereocenters. The summed E-state index contributed by atoms with van der Waals surface area (Å²) < 4.78 is 1.09. The van der Waals surface area contributed by atoms with E-state index in [-0.39, 0.29) is 0 Å². The van der Waals surface area contributed by atoms with Crippen molar-refractivity contribution >= 4 is 28.3 Å². The highest BCUT2D eigenvalue weighted by molar-refractivity contribution is 9.10. The molecule has 0 radical (unpaired) electrons. The summed E-state index contributed by atoms with van der Waals surface area (Å²) >= 11 is 3.42. The lowest BCUT2D eigenvalue weighted by Crippen LogP contribution is -1.81. The van der Waals surface area contributed by atoms with Gasteiger partial charge in [-0.25, -0.2) is 0 Å². The maximum Gasteiger partial charge on any atom is 0.145 e. The number of rotatable bonds is 2. The maximum atomic E-state index is 10.4. The van der Waals surface area contributed by atoms with Crippen molar-refractivity contribution in [1.82, 2.24) is 0 Å². The fourth-order valence-electron chi connectivity index (χ4n) is 1.05. The third-order valence-electron chi connectivity index (χ3n) is 1.76. The van der Waals surface area contributed by atoms with E-state index in [0.29, 0.717) is 0 Å². The third kappa shape index (κ3) is 2.81. The first-order chi connectivity index (χ1) is 6.13. The van der Waals surface area contributed by atoms with Crippen LogP contribution in [0.3, 0.4) is 0 Å². The average Bonchev–Trinajstić information content (AvgIpc) is 2.11. The van der Waals surface area contributed by atoms with Gasteiger partial charge in [0.25, 0.3) is 0 Å². The Bertz CT molecular complexity index is 353. The molecular weight excluding hydrogens is 228 g/mol. The number of hydrogen-bond donors (Lipinski definition) is 0. The Balaban J connectivity index is 3.04. The second-order valence-corrected chi connectivity index (χ2v) is 3.87. The summed E-state index contributed by atoms with van der Waals surface area (Å²) in [6, 6.07) is 6.00. The number of aryl methyl sites for hydroxylation is 1. The number of halogens is 1. The summed E-state index contributed by atoms with van der Waals surface area (Å²) in [5.74, 6) is 0. The Kier molecular flexibility index (Phi) is 3.43. The van der Waals surface area contributed by atoms with Gasteiger partial charge in [0.2, 0.25) is 0 Å². The fourth-order valence-corrected chi connectivity index (χ4v) is 1.30. The monoisotopic (exact) mass is 238 g/mol. The minimum absolute atomic E-state index is 0.738. The Labute approximate surface area is 86.6 Å². The standard InChI is InChI=1S/C11H11BrO/c1-8(7-13)5-10-3-4-11(12)9(2)6-10/h3-7H,1-2H3/b8-5-. The summed E-state index contributed by atoms with van der Waals surface area (Å²) in [7, 11) is 0. The van der Waals surface area contributed by atoms with E-state index in [1.807, 2.05) is 31.2 Å². The van der Waals surface area contributed by atoms with Gasteiger partial charge in [-0.05, 0) is 42.7 Å². The quantitative estimate of drug-likeness (QED) is 0.571. The van der Waals surface area contributed by atoms with Crippen molar-refractivity contribution in [3.05, 3.63) is 39.4 Å². The second kappa shape index (κ2) is 4.38. The highest BCUT2D eigenvalue weighted by atomic mass is 79.9. The highest BCUT2D eigenvalue weighted by Gasteiger charge is 1.95. The van der Waals surface area contributed by atoms with Gasteiger partial charge in [-0.2, -0.15) is 0 Å². The fraction of sp³-hybridized carbons (Fsp3) is 0.182. The first-order valence-electron chi connectivity index (χ1n) is 4.03. The molecule has 0 N–H and O–H groups in total. The first-order valence-corrected chi connectivity index (χ1v) is 4.82. The Morgan fingerprint density at radius 2 is 2.15 bits per heavy atom. The Morgan fingerprint density at radius 1 is 1.46 bits per heavy atom. The van der Waals surface area contributed by atoms with Crippen molar-refractivity contribution < 1.29 is 4.79 Å². The van der Waals surface area contributed by atoms with Crippen LogP contribution in [0, 0.1) is 6.92 Å². The molecule has 1 nitrogen and oxygen atoms in total. The smallest absolute Gasteiger partial charge is 0.145 e. The van der Waals surface area contributed by atoms with Gasteiger partial charge >= 0.3 is 0 Å². The molecule has 0 bridgehead atoms. The van der Waals surface area contributed by atoms with Gasteiger partial charge in [-0.15, -0.1) is 0 Å². The van der Waals surface area contributed by atoms with E-state index in [9.17, 15) is 4.79 Å². The molecule has 68 valence electrons. The number of hydrogen-bond acceptors (Lipinski definition) is 1.